The van der Waals surface area contributed by atoms with Gasteiger partial charge in [0.05, 0.1) is 5.75 Å². The van der Waals surface area contributed by atoms with Gasteiger partial charge in [-0.3, -0.25) is 4.79 Å². The highest BCUT2D eigenvalue weighted by atomic mass is 32.2. The predicted octanol–water partition coefficient (Wildman–Crippen LogP) is 2.81. The molecule has 1 aliphatic heterocycles. The molecule has 0 aliphatic carbocycles. The minimum Gasteiger partial charge on any atom is -0.368 e. The van der Waals surface area contributed by atoms with E-state index in [2.05, 4.69) is 56.5 Å². The Labute approximate surface area is 165 Å². The van der Waals surface area contributed by atoms with Crippen molar-refractivity contribution < 1.29 is 4.79 Å². The Balaban J connectivity index is 1.47. The van der Waals surface area contributed by atoms with Gasteiger partial charge in [0, 0.05) is 37.9 Å². The van der Waals surface area contributed by atoms with Crippen molar-refractivity contribution in [2.45, 2.75) is 31.3 Å². The molecular formula is C20H27N5OS. The Morgan fingerprint density at radius 3 is 2.41 bits per heavy atom. The van der Waals surface area contributed by atoms with Crippen molar-refractivity contribution in [2.75, 3.05) is 41.7 Å². The highest BCUT2D eigenvalue weighted by molar-refractivity contribution is 7.99. The molecule has 3 rings (SSSR count). The van der Waals surface area contributed by atoms with Crippen LogP contribution in [0, 0.1) is 0 Å². The molecule has 1 aromatic heterocycles. The number of anilines is 2. The summed E-state index contributed by atoms with van der Waals surface area (Å²) in [5.41, 5.74) is 1.27. The molecule has 1 saturated heterocycles. The van der Waals surface area contributed by atoms with Crippen LogP contribution in [-0.2, 0) is 4.79 Å². The molecule has 2 aromatic rings. The lowest BCUT2D eigenvalue weighted by molar-refractivity contribution is -0.119. The van der Waals surface area contributed by atoms with Gasteiger partial charge < -0.3 is 15.1 Å². The van der Waals surface area contributed by atoms with Crippen LogP contribution >= 0.6 is 11.8 Å². The SMILES string of the molecule is CCC(C)NC(=O)CSc1ccc(N2CCN(c3ccccc3)CC2)nn1. The van der Waals surface area contributed by atoms with E-state index in [1.165, 1.54) is 17.4 Å². The molecule has 0 radical (unpaired) electrons. The molecule has 0 bridgehead atoms. The number of para-hydroxylation sites is 1. The van der Waals surface area contributed by atoms with E-state index >= 15 is 0 Å². The fourth-order valence-electron chi connectivity index (χ4n) is 2.95. The van der Waals surface area contributed by atoms with Gasteiger partial charge in [-0.05, 0) is 37.6 Å². The van der Waals surface area contributed by atoms with Crippen molar-refractivity contribution in [1.82, 2.24) is 15.5 Å². The molecule has 1 aliphatic rings. The summed E-state index contributed by atoms with van der Waals surface area (Å²) in [5, 5.41) is 12.4. The molecular weight excluding hydrogens is 358 g/mol. The van der Waals surface area contributed by atoms with Crippen LogP contribution < -0.4 is 15.1 Å². The van der Waals surface area contributed by atoms with Crippen LogP contribution in [0.3, 0.4) is 0 Å². The second-order valence-corrected chi connectivity index (χ2v) is 7.70. The van der Waals surface area contributed by atoms with E-state index in [1.54, 1.807) is 0 Å². The molecule has 1 amide bonds. The molecule has 1 unspecified atom stereocenters. The van der Waals surface area contributed by atoms with Crippen molar-refractivity contribution in [1.29, 1.82) is 0 Å². The zero-order valence-corrected chi connectivity index (χ0v) is 16.8. The van der Waals surface area contributed by atoms with Crippen LogP contribution in [0.5, 0.6) is 0 Å². The van der Waals surface area contributed by atoms with Crippen molar-refractivity contribution in [2.24, 2.45) is 0 Å². The van der Waals surface area contributed by atoms with E-state index in [4.69, 9.17) is 0 Å². The van der Waals surface area contributed by atoms with E-state index in [1.807, 2.05) is 25.1 Å². The number of aromatic nitrogens is 2. The molecule has 2 heterocycles. The third-order valence-electron chi connectivity index (χ3n) is 4.72. The van der Waals surface area contributed by atoms with Crippen LogP contribution in [0.25, 0.3) is 0 Å². The van der Waals surface area contributed by atoms with Gasteiger partial charge in [0.2, 0.25) is 5.91 Å². The molecule has 6 nitrogen and oxygen atoms in total. The molecule has 1 N–H and O–H groups in total. The fraction of sp³-hybridized carbons (Fsp3) is 0.450. The Morgan fingerprint density at radius 1 is 1.07 bits per heavy atom. The summed E-state index contributed by atoms with van der Waals surface area (Å²) in [7, 11) is 0. The van der Waals surface area contributed by atoms with Crippen LogP contribution in [0.4, 0.5) is 11.5 Å². The number of nitrogens with one attached hydrogen (secondary N) is 1. The molecule has 0 saturated carbocycles. The number of carbonyl (C=O) groups excluding carboxylic acids is 1. The minimum atomic E-state index is 0.0391. The van der Waals surface area contributed by atoms with Crippen LogP contribution in [-0.4, -0.2) is 54.1 Å². The summed E-state index contributed by atoms with van der Waals surface area (Å²) < 4.78 is 0. The lowest BCUT2D eigenvalue weighted by Gasteiger charge is -2.36. The number of hydrogen-bond acceptors (Lipinski definition) is 6. The number of piperazine rings is 1. The first-order valence-electron chi connectivity index (χ1n) is 9.46. The summed E-state index contributed by atoms with van der Waals surface area (Å²) in [6, 6.07) is 14.7. The number of nitrogens with zero attached hydrogens (tertiary/aromatic N) is 4. The highest BCUT2D eigenvalue weighted by Crippen LogP contribution is 2.20. The van der Waals surface area contributed by atoms with E-state index < -0.39 is 0 Å². The zero-order valence-electron chi connectivity index (χ0n) is 16.0. The maximum atomic E-state index is 11.9. The van der Waals surface area contributed by atoms with E-state index in [0.717, 1.165) is 43.4 Å². The third-order valence-corrected chi connectivity index (χ3v) is 5.64. The van der Waals surface area contributed by atoms with E-state index in [0.29, 0.717) is 5.75 Å². The topological polar surface area (TPSA) is 61.4 Å². The van der Waals surface area contributed by atoms with E-state index in [9.17, 15) is 4.79 Å². The lowest BCUT2D eigenvalue weighted by atomic mass is 10.2. The second kappa shape index (κ2) is 9.60. The van der Waals surface area contributed by atoms with Gasteiger partial charge in [-0.25, -0.2) is 0 Å². The Kier molecular flexibility index (Phi) is 6.92. The highest BCUT2D eigenvalue weighted by Gasteiger charge is 2.18. The number of rotatable bonds is 7. The number of carbonyl (C=O) groups is 1. The molecule has 1 fully saturated rings. The van der Waals surface area contributed by atoms with Gasteiger partial charge in [0.25, 0.3) is 0 Å². The first-order chi connectivity index (χ1) is 13.2. The maximum absolute atomic E-state index is 11.9. The van der Waals surface area contributed by atoms with Crippen LogP contribution in [0.15, 0.2) is 47.5 Å². The summed E-state index contributed by atoms with van der Waals surface area (Å²) >= 11 is 1.42. The normalized spacial score (nSPS) is 15.5. The van der Waals surface area contributed by atoms with Gasteiger partial charge in [-0.2, -0.15) is 0 Å². The summed E-state index contributed by atoms with van der Waals surface area (Å²) in [6.45, 7) is 7.85. The van der Waals surface area contributed by atoms with Crippen molar-refractivity contribution in [3.05, 3.63) is 42.5 Å². The average molecular weight is 386 g/mol. The Bertz CT molecular complexity index is 717. The second-order valence-electron chi connectivity index (χ2n) is 6.70. The molecule has 144 valence electrons. The number of thioether (sulfide) groups is 1. The van der Waals surface area contributed by atoms with Gasteiger partial charge in [-0.15, -0.1) is 10.2 Å². The Morgan fingerprint density at radius 2 is 1.78 bits per heavy atom. The van der Waals surface area contributed by atoms with Crippen molar-refractivity contribution >= 4 is 29.2 Å². The first kappa shape index (κ1) is 19.5. The standard InChI is InChI=1S/C20H27N5OS/c1-3-16(2)21-19(26)15-27-20-10-9-18(22-23-20)25-13-11-24(12-14-25)17-7-5-4-6-8-17/h4-10,16H,3,11-15H2,1-2H3,(H,21,26). The van der Waals surface area contributed by atoms with Crippen molar-refractivity contribution in [3.63, 3.8) is 0 Å². The van der Waals surface area contributed by atoms with Gasteiger partial charge >= 0.3 is 0 Å². The smallest absolute Gasteiger partial charge is 0.230 e. The molecule has 27 heavy (non-hydrogen) atoms. The number of benzene rings is 1. The molecule has 0 spiro atoms. The summed E-state index contributed by atoms with van der Waals surface area (Å²) in [5.74, 6) is 1.31. The number of hydrogen-bond donors (Lipinski definition) is 1. The summed E-state index contributed by atoms with van der Waals surface area (Å²) in [6.07, 6.45) is 0.933. The molecule has 1 aromatic carbocycles. The van der Waals surface area contributed by atoms with Gasteiger partial charge in [0.15, 0.2) is 5.82 Å². The predicted molar refractivity (Wildman–Crippen MR) is 112 cm³/mol. The van der Waals surface area contributed by atoms with Crippen LogP contribution in [0.2, 0.25) is 0 Å². The average Bonchev–Trinajstić information content (AvgIpc) is 2.73. The zero-order chi connectivity index (χ0) is 19.1. The van der Waals surface area contributed by atoms with E-state index in [-0.39, 0.29) is 11.9 Å². The third kappa shape index (κ3) is 5.60. The molecule has 7 heteroatoms. The molecule has 1 atom stereocenters. The minimum absolute atomic E-state index is 0.0391. The monoisotopic (exact) mass is 385 g/mol. The summed E-state index contributed by atoms with van der Waals surface area (Å²) in [4.78, 5) is 16.5. The van der Waals surface area contributed by atoms with Gasteiger partial charge in [0.1, 0.15) is 5.03 Å². The lowest BCUT2D eigenvalue weighted by Crippen LogP contribution is -2.46. The maximum Gasteiger partial charge on any atom is 0.230 e. The number of amides is 1. The quantitative estimate of drug-likeness (QED) is 0.740. The van der Waals surface area contributed by atoms with Crippen molar-refractivity contribution in [3.8, 4) is 0 Å². The largest absolute Gasteiger partial charge is 0.368 e. The first-order valence-corrected chi connectivity index (χ1v) is 10.4. The van der Waals surface area contributed by atoms with Crippen LogP contribution in [0.1, 0.15) is 20.3 Å². The van der Waals surface area contributed by atoms with Gasteiger partial charge in [-0.1, -0.05) is 36.9 Å². The Hall–Kier alpha value is -2.28. The fourth-order valence-corrected chi connectivity index (χ4v) is 3.57.